The van der Waals surface area contributed by atoms with Gasteiger partial charge in [0.1, 0.15) is 8.07 Å². The van der Waals surface area contributed by atoms with Crippen molar-refractivity contribution >= 4 is 50.0 Å². The number of benzene rings is 2. The van der Waals surface area contributed by atoms with Crippen molar-refractivity contribution in [3.63, 3.8) is 0 Å². The molecule has 2 aromatic heterocycles. The van der Waals surface area contributed by atoms with Gasteiger partial charge < -0.3 is 21.4 Å². The van der Waals surface area contributed by atoms with Crippen molar-refractivity contribution in [1.29, 1.82) is 0 Å². The van der Waals surface area contributed by atoms with E-state index in [9.17, 15) is 28.8 Å². The molecule has 2 aromatic carbocycles. The molecule has 0 N–H and O–H groups in total. The van der Waals surface area contributed by atoms with Crippen LogP contribution in [0.3, 0.4) is 0 Å². The number of imide groups is 2. The summed E-state index contributed by atoms with van der Waals surface area (Å²) in [6.45, 7) is 8.45. The first-order valence-corrected chi connectivity index (χ1v) is 24.8. The fourth-order valence-corrected chi connectivity index (χ4v) is 8.71. The summed E-state index contributed by atoms with van der Waals surface area (Å²) in [6, 6.07) is 19.0. The molecule has 0 aliphatic carbocycles. The van der Waals surface area contributed by atoms with Crippen molar-refractivity contribution in [2.75, 3.05) is 26.2 Å². The summed E-state index contributed by atoms with van der Waals surface area (Å²) in [5.41, 5.74) is 4.89. The second-order valence-electron chi connectivity index (χ2n) is 17.5. The van der Waals surface area contributed by atoms with Crippen molar-refractivity contribution in [2.24, 2.45) is 10.8 Å². The van der Waals surface area contributed by atoms with Crippen LogP contribution in [0.4, 0.5) is 0 Å². The van der Waals surface area contributed by atoms with Gasteiger partial charge in [0.25, 0.3) is 18.3 Å². The number of amides is 6. The van der Waals surface area contributed by atoms with Crippen LogP contribution in [0.25, 0.3) is 0 Å². The van der Waals surface area contributed by atoms with E-state index in [-0.39, 0.29) is 177 Å². The Labute approximate surface area is 482 Å². The minimum absolute atomic E-state index is 0. The molecule has 4 saturated heterocycles. The Hall–Kier alpha value is -4.14. The normalized spacial score (nSPS) is 16.7. The van der Waals surface area contributed by atoms with Crippen molar-refractivity contribution in [3.05, 3.63) is 119 Å². The molecule has 2 spiro atoms. The first-order chi connectivity index (χ1) is 31.6. The minimum Gasteiger partial charge on any atom is -1.00 e. The summed E-state index contributed by atoms with van der Waals surface area (Å²) in [5.74, 6) is 4.62. The molecule has 68 heavy (non-hydrogen) atoms. The Morgan fingerprint density at radius 1 is 0.691 bits per heavy atom. The average molecular weight is 989 g/mol. The quantitative estimate of drug-likeness (QED) is 0.0454. The van der Waals surface area contributed by atoms with Gasteiger partial charge in [-0.2, -0.15) is 0 Å². The third kappa shape index (κ3) is 14.2. The summed E-state index contributed by atoms with van der Waals surface area (Å²) in [5, 5.41) is 8.43. The number of piperidine rings is 2. The third-order valence-electron chi connectivity index (χ3n) is 11.8. The Morgan fingerprint density at radius 2 is 1.04 bits per heavy atom. The predicted molar refractivity (Wildman–Crippen MR) is 239 cm³/mol. The van der Waals surface area contributed by atoms with Gasteiger partial charge in [-0.05, 0) is 36.8 Å². The molecular weight excluding hydrogens is 939 g/mol. The molecule has 4 fully saturated rings. The van der Waals surface area contributed by atoms with Gasteiger partial charge in [-0.1, -0.05) is 92.1 Å². The van der Waals surface area contributed by atoms with Gasteiger partial charge >= 0.3 is 103 Å². The molecule has 342 valence electrons. The van der Waals surface area contributed by atoms with Crippen LogP contribution >= 0.6 is 0 Å². The topological polar surface area (TPSA) is 216 Å². The maximum absolute atomic E-state index is 13.2. The van der Waals surface area contributed by atoms with Gasteiger partial charge in [-0.25, -0.2) is 19.9 Å². The van der Waals surface area contributed by atoms with Crippen molar-refractivity contribution in [3.8, 4) is 23.8 Å². The molecule has 0 radical (unpaired) electrons. The van der Waals surface area contributed by atoms with Crippen LogP contribution in [0.15, 0.2) is 85.5 Å². The number of hydrogen-bond acceptors (Lipinski definition) is 13. The van der Waals surface area contributed by atoms with E-state index in [2.05, 4.69) is 61.8 Å². The first kappa shape index (κ1) is 56.4. The number of aromatic nitrogens is 4. The van der Waals surface area contributed by atoms with Crippen LogP contribution in [0, 0.1) is 34.6 Å². The number of hydrogen-bond donors (Lipinski definition) is 0. The standard InChI is InChI=1S/C25H28N4O3Si.C22H20N4O3.CH2O3.2K.H/c1-33(2,3)14-9-20-16-26-22(27-17-20)23(31)28-12-10-25(11-13-28)15-21(30)29(24(25)32)18-19-7-5-4-6-8-19;1-2-16-13-23-19(24-14-16)20(28)25-10-8-22(9-11-25)12-18(27)26(21(22)29)15-17-6-4-3-5-7-17;2-1-4-3;;;/h4-8,16-17H,10-13,15,18H2,1-3H3;1,3-7,13-14H,8-12,15H2;1,3H;;;/q;;;2*+1;-1/p-1. The summed E-state index contributed by atoms with van der Waals surface area (Å²) in [4.78, 5) is 111. The van der Waals surface area contributed by atoms with E-state index in [0.717, 1.165) is 11.1 Å². The number of nitrogens with zero attached hydrogens (tertiary/aromatic N) is 8. The zero-order valence-electron chi connectivity index (χ0n) is 40.0. The maximum Gasteiger partial charge on any atom is 1.00 e. The van der Waals surface area contributed by atoms with E-state index < -0.39 is 18.9 Å². The second-order valence-corrected chi connectivity index (χ2v) is 22.2. The smallest absolute Gasteiger partial charge is 1.00 e. The molecule has 0 saturated carbocycles. The van der Waals surface area contributed by atoms with Gasteiger partial charge in [-0.15, -0.1) is 12.0 Å². The molecule has 0 atom stereocenters. The van der Waals surface area contributed by atoms with Crippen molar-refractivity contribution in [1.82, 2.24) is 39.5 Å². The van der Waals surface area contributed by atoms with Gasteiger partial charge in [0, 0.05) is 63.8 Å². The van der Waals surface area contributed by atoms with E-state index in [1.165, 1.54) is 22.2 Å². The van der Waals surface area contributed by atoms with Crippen LogP contribution < -0.4 is 108 Å². The first-order valence-electron chi connectivity index (χ1n) is 21.3. The third-order valence-corrected chi connectivity index (χ3v) is 12.7. The van der Waals surface area contributed by atoms with Crippen LogP contribution in [0.2, 0.25) is 19.6 Å². The SMILES string of the molecule is C#Cc1cnc(C(=O)N2CCC3(CC2)CC(=O)N(Cc2ccccc2)C3=O)nc1.C[Si](C)(C)C#Cc1cnc(C(=O)N2CCC3(CC2)CC(=O)N(Cc2ccccc2)C3=O)nc1.O=CO[O-].[H-].[K+].[K+]. The summed E-state index contributed by atoms with van der Waals surface area (Å²) < 4.78 is 0. The summed E-state index contributed by atoms with van der Waals surface area (Å²) in [7, 11) is -1.50. The Morgan fingerprint density at radius 3 is 1.37 bits per heavy atom. The van der Waals surface area contributed by atoms with E-state index in [1.54, 1.807) is 22.2 Å². The number of rotatable bonds is 7. The van der Waals surface area contributed by atoms with Crippen LogP contribution in [-0.2, 0) is 41.9 Å². The Kier molecular flexibility index (Phi) is 21.3. The van der Waals surface area contributed by atoms with E-state index in [4.69, 9.17) is 16.5 Å². The molecular formula is C48H50K2N8O9Si. The Balaban J connectivity index is 0.000000328. The molecule has 4 aliphatic heterocycles. The maximum atomic E-state index is 13.2. The monoisotopic (exact) mass is 988 g/mol. The molecule has 0 bridgehead atoms. The van der Waals surface area contributed by atoms with Crippen LogP contribution in [-0.4, -0.2) is 116 Å². The fraction of sp³-hybridized carbons (Fsp3) is 0.354. The van der Waals surface area contributed by atoms with Crippen LogP contribution in [0.5, 0.6) is 0 Å². The van der Waals surface area contributed by atoms with E-state index in [1.807, 2.05) is 60.7 Å². The predicted octanol–water partition coefficient (Wildman–Crippen LogP) is -2.92. The molecule has 8 rings (SSSR count). The van der Waals surface area contributed by atoms with Crippen molar-refractivity contribution in [2.45, 2.75) is 71.3 Å². The molecule has 6 heterocycles. The number of likely N-dealkylation sites (tertiary alicyclic amines) is 4. The van der Waals surface area contributed by atoms with Gasteiger partial charge in [-0.3, -0.25) is 43.4 Å². The van der Waals surface area contributed by atoms with E-state index >= 15 is 0 Å². The number of carbonyl (C=O) groups is 7. The van der Waals surface area contributed by atoms with Gasteiger partial charge in [0.2, 0.25) is 35.3 Å². The molecule has 17 nitrogen and oxygen atoms in total. The van der Waals surface area contributed by atoms with E-state index in [0.29, 0.717) is 69.5 Å². The number of terminal acetylenes is 1. The van der Waals surface area contributed by atoms with Gasteiger partial charge in [0.05, 0.1) is 35.0 Å². The summed E-state index contributed by atoms with van der Waals surface area (Å²) in [6.07, 6.45) is 13.6. The van der Waals surface area contributed by atoms with Crippen molar-refractivity contribution < 1.29 is 148 Å². The molecule has 0 unspecified atom stereocenters. The zero-order valence-corrected chi connectivity index (χ0v) is 46.2. The summed E-state index contributed by atoms with van der Waals surface area (Å²) >= 11 is 0. The minimum atomic E-state index is -1.50. The molecule has 6 amide bonds. The largest absolute Gasteiger partial charge is 1.00 e. The van der Waals surface area contributed by atoms with Crippen LogP contribution in [0.1, 0.15) is 83.4 Å². The average Bonchev–Trinajstić information content (AvgIpc) is 3.70. The molecule has 4 aromatic rings. The molecule has 20 heteroatoms. The number of carbonyl (C=O) groups excluding carboxylic acids is 7. The fourth-order valence-electron chi connectivity index (χ4n) is 8.19. The van der Waals surface area contributed by atoms with Gasteiger partial charge in [0.15, 0.2) is 0 Å². The Bertz CT molecular complexity index is 2560. The second kappa shape index (κ2) is 25.6. The zero-order chi connectivity index (χ0) is 47.5. The molecule has 4 aliphatic rings.